The summed E-state index contributed by atoms with van der Waals surface area (Å²) in [5.41, 5.74) is 0.619. The Morgan fingerprint density at radius 1 is 1.27 bits per heavy atom. The van der Waals surface area contributed by atoms with Crippen molar-refractivity contribution in [1.82, 2.24) is 14.3 Å². The van der Waals surface area contributed by atoms with E-state index in [9.17, 15) is 13.2 Å². The number of imidazole rings is 1. The van der Waals surface area contributed by atoms with Crippen LogP contribution >= 0.6 is 23.2 Å². The molecule has 0 aliphatic rings. The largest absolute Gasteiger partial charge is 0.331 e. The van der Waals surface area contributed by atoms with Gasteiger partial charge in [-0.3, -0.25) is 4.79 Å². The van der Waals surface area contributed by atoms with Crippen molar-refractivity contribution in [3.63, 3.8) is 0 Å². The highest BCUT2D eigenvalue weighted by molar-refractivity contribution is 7.90. The van der Waals surface area contributed by atoms with Crippen LogP contribution in [0.3, 0.4) is 0 Å². The van der Waals surface area contributed by atoms with Gasteiger partial charge in [0.1, 0.15) is 5.82 Å². The molecule has 1 heterocycles. The maximum absolute atomic E-state index is 12.6. The van der Waals surface area contributed by atoms with Crippen LogP contribution in [0.25, 0.3) is 0 Å². The molecule has 6 nitrogen and oxygen atoms in total. The Bertz CT molecular complexity index is 895. The van der Waals surface area contributed by atoms with E-state index in [4.69, 9.17) is 23.2 Å². The SMILES string of the molecule is CCCCCS(=O)(=O)NC(=O)c1cc(Cl)cc(Cl)c1Cn1ccnc1C. The zero-order valence-electron chi connectivity index (χ0n) is 14.6. The quantitative estimate of drug-likeness (QED) is 0.662. The van der Waals surface area contributed by atoms with Gasteiger partial charge in [-0.1, -0.05) is 43.0 Å². The molecule has 0 saturated carbocycles. The van der Waals surface area contributed by atoms with Crippen LogP contribution in [-0.4, -0.2) is 29.6 Å². The van der Waals surface area contributed by atoms with Crippen molar-refractivity contribution in [3.05, 3.63) is 51.5 Å². The number of carbonyl (C=O) groups excluding carboxylic acids is 1. The molecule has 1 N–H and O–H groups in total. The van der Waals surface area contributed by atoms with Gasteiger partial charge in [0, 0.05) is 33.6 Å². The summed E-state index contributed by atoms with van der Waals surface area (Å²) in [6, 6.07) is 2.95. The molecule has 0 spiro atoms. The molecule has 0 radical (unpaired) electrons. The highest BCUT2D eigenvalue weighted by atomic mass is 35.5. The Morgan fingerprint density at radius 2 is 2.00 bits per heavy atom. The van der Waals surface area contributed by atoms with Gasteiger partial charge in [0.2, 0.25) is 10.0 Å². The molecule has 142 valence electrons. The number of aromatic nitrogens is 2. The molecule has 2 aromatic rings. The molecular formula is C17H21Cl2N3O3S. The van der Waals surface area contributed by atoms with Crippen molar-refractivity contribution in [2.45, 2.75) is 39.7 Å². The number of carbonyl (C=O) groups is 1. The van der Waals surface area contributed by atoms with Crippen LogP contribution in [0.5, 0.6) is 0 Å². The number of rotatable bonds is 8. The predicted molar refractivity (Wildman–Crippen MR) is 103 cm³/mol. The van der Waals surface area contributed by atoms with Crippen LogP contribution < -0.4 is 4.72 Å². The van der Waals surface area contributed by atoms with Gasteiger partial charge in [-0.25, -0.2) is 18.1 Å². The van der Waals surface area contributed by atoms with Gasteiger partial charge in [0.15, 0.2) is 0 Å². The summed E-state index contributed by atoms with van der Waals surface area (Å²) in [7, 11) is -3.72. The molecule has 1 aromatic carbocycles. The highest BCUT2D eigenvalue weighted by Gasteiger charge is 2.21. The smallest absolute Gasteiger partial charge is 0.265 e. The predicted octanol–water partition coefficient (Wildman–Crippen LogP) is 3.80. The first-order chi connectivity index (χ1) is 12.2. The van der Waals surface area contributed by atoms with Gasteiger partial charge in [0.05, 0.1) is 12.3 Å². The summed E-state index contributed by atoms with van der Waals surface area (Å²) in [6.07, 6.45) is 5.56. The molecule has 9 heteroatoms. The number of nitrogens with one attached hydrogen (secondary N) is 1. The van der Waals surface area contributed by atoms with E-state index >= 15 is 0 Å². The Morgan fingerprint density at radius 3 is 2.62 bits per heavy atom. The standard InChI is InChI=1S/C17H21Cl2N3O3S/c1-3-4-5-8-26(24,25)21-17(23)14-9-13(18)10-16(19)15(14)11-22-7-6-20-12(22)2/h6-7,9-10H,3-5,8,11H2,1-2H3,(H,21,23). The summed E-state index contributed by atoms with van der Waals surface area (Å²) in [6.45, 7) is 4.08. The fourth-order valence-electron chi connectivity index (χ4n) is 2.50. The fraction of sp³-hybridized carbons (Fsp3) is 0.412. The lowest BCUT2D eigenvalue weighted by atomic mass is 10.1. The maximum atomic E-state index is 12.6. The van der Waals surface area contributed by atoms with E-state index in [1.165, 1.54) is 12.1 Å². The Hall–Kier alpha value is -1.57. The van der Waals surface area contributed by atoms with Gasteiger partial charge in [-0.15, -0.1) is 0 Å². The van der Waals surface area contributed by atoms with Crippen molar-refractivity contribution in [3.8, 4) is 0 Å². The lowest BCUT2D eigenvalue weighted by Gasteiger charge is -2.14. The van der Waals surface area contributed by atoms with Crippen LogP contribution in [0.2, 0.25) is 10.0 Å². The molecule has 26 heavy (non-hydrogen) atoms. The van der Waals surface area contributed by atoms with E-state index < -0.39 is 15.9 Å². The number of amides is 1. The number of nitrogens with zero attached hydrogens (tertiary/aromatic N) is 2. The van der Waals surface area contributed by atoms with Crippen molar-refractivity contribution < 1.29 is 13.2 Å². The average molecular weight is 418 g/mol. The van der Waals surface area contributed by atoms with Crippen LogP contribution in [0, 0.1) is 6.92 Å². The van der Waals surface area contributed by atoms with E-state index in [2.05, 4.69) is 9.71 Å². The van der Waals surface area contributed by atoms with Crippen LogP contribution in [-0.2, 0) is 16.6 Å². The van der Waals surface area contributed by atoms with Gasteiger partial charge < -0.3 is 4.57 Å². The Labute approximate surface area is 163 Å². The van der Waals surface area contributed by atoms with Crippen LogP contribution in [0.4, 0.5) is 0 Å². The summed E-state index contributed by atoms with van der Waals surface area (Å²) in [5, 5.41) is 0.550. The average Bonchev–Trinajstić information content (AvgIpc) is 2.94. The minimum atomic E-state index is -3.72. The number of hydrogen-bond donors (Lipinski definition) is 1. The van der Waals surface area contributed by atoms with Crippen LogP contribution in [0.15, 0.2) is 24.5 Å². The number of sulfonamides is 1. The van der Waals surface area contributed by atoms with E-state index in [1.54, 1.807) is 12.4 Å². The number of unbranched alkanes of at least 4 members (excludes halogenated alkanes) is 2. The van der Waals surface area contributed by atoms with E-state index in [-0.39, 0.29) is 22.9 Å². The van der Waals surface area contributed by atoms with Crippen molar-refractivity contribution in [2.75, 3.05) is 5.75 Å². The number of aryl methyl sites for hydroxylation is 1. The number of benzene rings is 1. The first-order valence-corrected chi connectivity index (χ1v) is 10.6. The number of halogens is 2. The van der Waals surface area contributed by atoms with Crippen molar-refractivity contribution >= 4 is 39.1 Å². The second-order valence-electron chi connectivity index (χ2n) is 5.97. The lowest BCUT2D eigenvalue weighted by Crippen LogP contribution is -2.33. The zero-order chi connectivity index (χ0) is 19.3. The molecule has 0 aliphatic heterocycles. The minimum absolute atomic E-state index is 0.100. The highest BCUT2D eigenvalue weighted by Crippen LogP contribution is 2.27. The van der Waals surface area contributed by atoms with Gasteiger partial charge in [0.25, 0.3) is 5.91 Å². The molecular weight excluding hydrogens is 397 g/mol. The minimum Gasteiger partial charge on any atom is -0.331 e. The molecule has 0 atom stereocenters. The molecule has 0 unspecified atom stereocenters. The molecule has 0 aliphatic carbocycles. The monoisotopic (exact) mass is 417 g/mol. The molecule has 0 saturated heterocycles. The molecule has 0 bridgehead atoms. The second-order valence-corrected chi connectivity index (χ2v) is 8.66. The third-order valence-electron chi connectivity index (χ3n) is 3.92. The third kappa shape index (κ3) is 5.46. The van der Waals surface area contributed by atoms with Gasteiger partial charge >= 0.3 is 0 Å². The topological polar surface area (TPSA) is 81.1 Å². The van der Waals surface area contributed by atoms with Crippen LogP contribution in [0.1, 0.15) is 47.9 Å². The normalized spacial score (nSPS) is 11.5. The Kier molecular flexibility index (Phi) is 7.08. The summed E-state index contributed by atoms with van der Waals surface area (Å²) >= 11 is 12.3. The van der Waals surface area contributed by atoms with Crippen molar-refractivity contribution in [2.24, 2.45) is 0 Å². The van der Waals surface area contributed by atoms with E-state index in [1.807, 2.05) is 18.4 Å². The molecule has 1 amide bonds. The summed E-state index contributed by atoms with van der Waals surface area (Å²) in [4.78, 5) is 16.7. The summed E-state index contributed by atoms with van der Waals surface area (Å²) < 4.78 is 28.2. The van der Waals surface area contributed by atoms with E-state index in [0.717, 1.165) is 18.7 Å². The lowest BCUT2D eigenvalue weighted by molar-refractivity contribution is 0.0980. The fourth-order valence-corrected chi connectivity index (χ4v) is 4.13. The zero-order valence-corrected chi connectivity index (χ0v) is 17.0. The van der Waals surface area contributed by atoms with E-state index in [0.29, 0.717) is 17.0 Å². The molecule has 0 fully saturated rings. The molecule has 2 rings (SSSR count). The van der Waals surface area contributed by atoms with Crippen molar-refractivity contribution in [1.29, 1.82) is 0 Å². The number of hydrogen-bond acceptors (Lipinski definition) is 4. The third-order valence-corrected chi connectivity index (χ3v) is 5.80. The van der Waals surface area contributed by atoms with Gasteiger partial charge in [-0.05, 0) is 25.5 Å². The first-order valence-electron chi connectivity index (χ1n) is 8.24. The Balaban J connectivity index is 2.30. The molecule has 1 aromatic heterocycles. The van der Waals surface area contributed by atoms with Gasteiger partial charge in [-0.2, -0.15) is 0 Å². The second kappa shape index (κ2) is 8.88. The first kappa shape index (κ1) is 20.7. The summed E-state index contributed by atoms with van der Waals surface area (Å²) in [5.74, 6) is -0.0927. The maximum Gasteiger partial charge on any atom is 0.265 e.